The number of nitrogens with zero attached hydrogens (tertiary/aromatic N) is 3. The van der Waals surface area contributed by atoms with E-state index in [2.05, 4.69) is 10.2 Å². The molecule has 1 unspecified atom stereocenters. The third-order valence-electron chi connectivity index (χ3n) is 4.01. The van der Waals surface area contributed by atoms with E-state index in [0.29, 0.717) is 43.6 Å². The quantitative estimate of drug-likeness (QED) is 0.775. The van der Waals surface area contributed by atoms with E-state index >= 15 is 0 Å². The third-order valence-corrected chi connectivity index (χ3v) is 4.01. The molecule has 8 heteroatoms. The maximum absolute atomic E-state index is 12.6. The van der Waals surface area contributed by atoms with Gasteiger partial charge in [0.25, 0.3) is 5.89 Å². The first kappa shape index (κ1) is 17.4. The van der Waals surface area contributed by atoms with Crippen molar-refractivity contribution in [2.24, 2.45) is 0 Å². The van der Waals surface area contributed by atoms with Crippen LogP contribution in [0.1, 0.15) is 5.89 Å². The van der Waals surface area contributed by atoms with Crippen LogP contribution in [0.3, 0.4) is 0 Å². The molecule has 2 aromatic rings. The summed E-state index contributed by atoms with van der Waals surface area (Å²) in [6.45, 7) is 1.94. The number of benzene rings is 1. The zero-order chi connectivity index (χ0) is 17.6. The van der Waals surface area contributed by atoms with Gasteiger partial charge in [0.1, 0.15) is 12.2 Å². The first-order chi connectivity index (χ1) is 12.2. The van der Waals surface area contributed by atoms with E-state index in [1.165, 1.54) is 0 Å². The molecular formula is C17H21N3O5. The monoisotopic (exact) mass is 347 g/mol. The van der Waals surface area contributed by atoms with Gasteiger partial charge in [-0.15, -0.1) is 10.2 Å². The Morgan fingerprint density at radius 2 is 2.16 bits per heavy atom. The summed E-state index contributed by atoms with van der Waals surface area (Å²) in [5.74, 6) is 1.15. The maximum Gasteiger partial charge on any atom is 0.251 e. The van der Waals surface area contributed by atoms with E-state index in [0.717, 1.165) is 0 Å². The average Bonchev–Trinajstić information content (AvgIpc) is 3.10. The second kappa shape index (κ2) is 8.09. The fourth-order valence-corrected chi connectivity index (χ4v) is 2.80. The lowest BCUT2D eigenvalue weighted by Gasteiger charge is -2.34. The van der Waals surface area contributed by atoms with Crippen LogP contribution in [0.2, 0.25) is 0 Å². The Kier molecular flexibility index (Phi) is 5.62. The van der Waals surface area contributed by atoms with Gasteiger partial charge in [0, 0.05) is 13.7 Å². The second-order valence-electron chi connectivity index (χ2n) is 5.65. The molecule has 1 amide bonds. The van der Waals surface area contributed by atoms with Crippen molar-refractivity contribution >= 4 is 5.91 Å². The number of morpholine rings is 1. The average molecular weight is 347 g/mol. The minimum absolute atomic E-state index is 0.0440. The summed E-state index contributed by atoms with van der Waals surface area (Å²) in [6.07, 6.45) is 0.0440. The molecule has 0 saturated carbocycles. The Hall–Kier alpha value is -2.45. The third kappa shape index (κ3) is 3.97. The lowest BCUT2D eigenvalue weighted by atomic mass is 10.2. The standard InChI is InChI=1S/C17H21N3O5/c1-22-10-12-11-24-8-7-20(12)16(21)9-15-18-19-17(25-15)13-5-3-4-6-14(13)23-2/h3-6,12H,7-11H2,1-2H3. The predicted molar refractivity (Wildman–Crippen MR) is 88.2 cm³/mol. The number of aromatic nitrogens is 2. The van der Waals surface area contributed by atoms with E-state index in [1.54, 1.807) is 19.1 Å². The zero-order valence-corrected chi connectivity index (χ0v) is 14.3. The van der Waals surface area contributed by atoms with Gasteiger partial charge in [-0.05, 0) is 12.1 Å². The molecule has 0 spiro atoms. The van der Waals surface area contributed by atoms with E-state index < -0.39 is 0 Å². The van der Waals surface area contributed by atoms with Gasteiger partial charge in [0.15, 0.2) is 0 Å². The summed E-state index contributed by atoms with van der Waals surface area (Å²) in [4.78, 5) is 14.3. The molecule has 0 bridgehead atoms. The van der Waals surface area contributed by atoms with Crippen LogP contribution in [0.4, 0.5) is 0 Å². The van der Waals surface area contributed by atoms with Gasteiger partial charge in [-0.1, -0.05) is 12.1 Å². The van der Waals surface area contributed by atoms with Crippen LogP contribution >= 0.6 is 0 Å². The van der Waals surface area contributed by atoms with E-state index in [4.69, 9.17) is 18.6 Å². The number of ether oxygens (including phenoxy) is 3. The molecule has 1 saturated heterocycles. The summed E-state index contributed by atoms with van der Waals surface area (Å²) in [5.41, 5.74) is 0.694. The Morgan fingerprint density at radius 1 is 1.32 bits per heavy atom. The Morgan fingerprint density at radius 3 is 2.96 bits per heavy atom. The lowest BCUT2D eigenvalue weighted by Crippen LogP contribution is -2.51. The summed E-state index contributed by atoms with van der Waals surface area (Å²) < 4.78 is 21.5. The van der Waals surface area contributed by atoms with Crippen molar-refractivity contribution in [2.45, 2.75) is 12.5 Å². The van der Waals surface area contributed by atoms with E-state index in [1.807, 2.05) is 24.3 Å². The SMILES string of the molecule is COCC1COCCN1C(=O)Cc1nnc(-c2ccccc2OC)o1. The number of hydrogen-bond acceptors (Lipinski definition) is 7. The van der Waals surface area contributed by atoms with Crippen molar-refractivity contribution < 1.29 is 23.4 Å². The molecule has 1 aliphatic heterocycles. The molecule has 1 aromatic carbocycles. The van der Waals surface area contributed by atoms with Crippen LogP contribution in [0.5, 0.6) is 5.75 Å². The Bertz CT molecular complexity index is 716. The highest BCUT2D eigenvalue weighted by Crippen LogP contribution is 2.28. The zero-order valence-electron chi connectivity index (χ0n) is 14.3. The van der Waals surface area contributed by atoms with Crippen LogP contribution in [0, 0.1) is 0 Å². The van der Waals surface area contributed by atoms with Crippen molar-refractivity contribution in [1.82, 2.24) is 15.1 Å². The smallest absolute Gasteiger partial charge is 0.251 e. The van der Waals surface area contributed by atoms with Crippen molar-refractivity contribution in [3.05, 3.63) is 30.2 Å². The summed E-state index contributed by atoms with van der Waals surface area (Å²) in [7, 11) is 3.18. The number of methoxy groups -OCH3 is 2. The number of carbonyl (C=O) groups is 1. The fraction of sp³-hybridized carbons (Fsp3) is 0.471. The lowest BCUT2D eigenvalue weighted by molar-refractivity contribution is -0.141. The van der Waals surface area contributed by atoms with Crippen molar-refractivity contribution in [1.29, 1.82) is 0 Å². The van der Waals surface area contributed by atoms with E-state index in [-0.39, 0.29) is 24.3 Å². The largest absolute Gasteiger partial charge is 0.496 e. The van der Waals surface area contributed by atoms with Gasteiger partial charge >= 0.3 is 0 Å². The summed E-state index contributed by atoms with van der Waals surface area (Å²) in [5, 5.41) is 8.02. The maximum atomic E-state index is 12.6. The van der Waals surface area contributed by atoms with Gasteiger partial charge in [0.05, 0.1) is 38.5 Å². The highest BCUT2D eigenvalue weighted by molar-refractivity contribution is 5.78. The highest BCUT2D eigenvalue weighted by Gasteiger charge is 2.28. The van der Waals surface area contributed by atoms with E-state index in [9.17, 15) is 4.79 Å². The van der Waals surface area contributed by atoms with Crippen LogP contribution in [-0.4, -0.2) is 67.6 Å². The number of para-hydroxylation sites is 1. The Labute approximate surface area is 145 Å². The molecule has 134 valence electrons. The molecule has 1 fully saturated rings. The molecule has 8 nitrogen and oxygen atoms in total. The number of hydrogen-bond donors (Lipinski definition) is 0. The van der Waals surface area contributed by atoms with Gasteiger partial charge in [-0.25, -0.2) is 0 Å². The number of rotatable bonds is 6. The number of carbonyl (C=O) groups excluding carboxylic acids is 1. The van der Waals surface area contributed by atoms with Gasteiger partial charge in [-0.3, -0.25) is 4.79 Å². The predicted octanol–water partition coefficient (Wildman–Crippen LogP) is 1.16. The second-order valence-corrected chi connectivity index (χ2v) is 5.65. The van der Waals surface area contributed by atoms with Gasteiger partial charge in [-0.2, -0.15) is 0 Å². The number of amides is 1. The first-order valence-corrected chi connectivity index (χ1v) is 8.05. The molecule has 3 rings (SSSR count). The molecule has 1 aromatic heterocycles. The Balaban J connectivity index is 1.71. The fourth-order valence-electron chi connectivity index (χ4n) is 2.80. The van der Waals surface area contributed by atoms with Crippen LogP contribution in [0.15, 0.2) is 28.7 Å². The van der Waals surface area contributed by atoms with Gasteiger partial charge in [0.2, 0.25) is 11.8 Å². The van der Waals surface area contributed by atoms with Crippen molar-refractivity contribution in [3.63, 3.8) is 0 Å². The van der Waals surface area contributed by atoms with Gasteiger partial charge < -0.3 is 23.5 Å². The first-order valence-electron chi connectivity index (χ1n) is 8.05. The topological polar surface area (TPSA) is 86.9 Å². The molecule has 2 heterocycles. The molecule has 1 aliphatic rings. The van der Waals surface area contributed by atoms with Crippen LogP contribution in [-0.2, 0) is 20.7 Å². The highest BCUT2D eigenvalue weighted by atomic mass is 16.5. The molecular weight excluding hydrogens is 326 g/mol. The molecule has 0 aliphatic carbocycles. The van der Waals surface area contributed by atoms with Crippen LogP contribution in [0.25, 0.3) is 11.5 Å². The van der Waals surface area contributed by atoms with Crippen molar-refractivity contribution in [2.75, 3.05) is 40.6 Å². The summed E-state index contributed by atoms with van der Waals surface area (Å²) in [6, 6.07) is 7.26. The van der Waals surface area contributed by atoms with Crippen molar-refractivity contribution in [3.8, 4) is 17.2 Å². The molecule has 0 radical (unpaired) electrons. The molecule has 1 atom stereocenters. The minimum Gasteiger partial charge on any atom is -0.496 e. The summed E-state index contributed by atoms with van der Waals surface area (Å²) >= 11 is 0. The minimum atomic E-state index is -0.0946. The molecule has 0 N–H and O–H groups in total. The normalized spacial score (nSPS) is 17.5. The van der Waals surface area contributed by atoms with Crippen LogP contribution < -0.4 is 4.74 Å². The molecule has 25 heavy (non-hydrogen) atoms.